The summed E-state index contributed by atoms with van der Waals surface area (Å²) in [5.41, 5.74) is 2.58. The molecule has 0 bridgehead atoms. The molecule has 1 aliphatic carbocycles. The van der Waals surface area contributed by atoms with Crippen molar-refractivity contribution < 1.29 is 14.3 Å². The maximum absolute atomic E-state index is 11.9. The molecule has 0 spiro atoms. The average molecular weight is 377 g/mol. The molecule has 0 aliphatic heterocycles. The van der Waals surface area contributed by atoms with Gasteiger partial charge in [0, 0.05) is 6.04 Å². The summed E-state index contributed by atoms with van der Waals surface area (Å²) in [7, 11) is 0. The lowest BCUT2D eigenvalue weighted by Crippen LogP contribution is -2.46. The number of carbonyl (C=O) groups is 2. The lowest BCUT2D eigenvalue weighted by Gasteiger charge is -2.22. The molecule has 0 atom stereocenters. The number of rotatable bonds is 5. The fourth-order valence-corrected chi connectivity index (χ4v) is 3.26. The van der Waals surface area contributed by atoms with Gasteiger partial charge in [-0.15, -0.1) is 0 Å². The number of nitriles is 1. The number of urea groups is 1. The minimum absolute atomic E-state index is 0.150. The molecule has 0 aromatic heterocycles. The number of imide groups is 1. The Morgan fingerprint density at radius 2 is 1.57 bits per heavy atom. The Labute approximate surface area is 164 Å². The topological polar surface area (TPSA) is 91.2 Å². The van der Waals surface area contributed by atoms with Crippen LogP contribution in [0.2, 0.25) is 0 Å². The van der Waals surface area contributed by atoms with Gasteiger partial charge in [0.2, 0.25) is 0 Å². The number of hydrogen-bond acceptors (Lipinski definition) is 4. The highest BCUT2D eigenvalue weighted by Gasteiger charge is 2.17. The summed E-state index contributed by atoms with van der Waals surface area (Å²) in [6, 6.07) is 16.4. The van der Waals surface area contributed by atoms with E-state index in [4.69, 9.17) is 10.00 Å². The zero-order chi connectivity index (χ0) is 19.8. The van der Waals surface area contributed by atoms with E-state index in [9.17, 15) is 9.59 Å². The third-order valence-corrected chi connectivity index (χ3v) is 4.76. The zero-order valence-electron chi connectivity index (χ0n) is 15.6. The van der Waals surface area contributed by atoms with Gasteiger partial charge < -0.3 is 10.1 Å². The van der Waals surface area contributed by atoms with E-state index in [1.54, 1.807) is 24.3 Å². The van der Waals surface area contributed by atoms with Crippen LogP contribution in [0, 0.1) is 11.3 Å². The van der Waals surface area contributed by atoms with Gasteiger partial charge in [-0.25, -0.2) is 4.79 Å². The molecule has 0 saturated heterocycles. The predicted octanol–water partition coefficient (Wildman–Crippen LogP) is 3.76. The smallest absolute Gasteiger partial charge is 0.321 e. The molecule has 0 heterocycles. The Morgan fingerprint density at radius 1 is 0.964 bits per heavy atom. The van der Waals surface area contributed by atoms with E-state index in [0.717, 1.165) is 36.8 Å². The molecule has 0 unspecified atom stereocenters. The third-order valence-electron chi connectivity index (χ3n) is 4.76. The number of ether oxygens (including phenoxy) is 1. The minimum atomic E-state index is -0.482. The molecular formula is C22H23N3O3. The highest BCUT2D eigenvalue weighted by atomic mass is 16.5. The summed E-state index contributed by atoms with van der Waals surface area (Å²) < 4.78 is 5.45. The molecule has 2 aromatic carbocycles. The van der Waals surface area contributed by atoms with Gasteiger partial charge in [-0.1, -0.05) is 43.5 Å². The highest BCUT2D eigenvalue weighted by Crippen LogP contribution is 2.22. The van der Waals surface area contributed by atoms with Crippen LogP contribution in [0.4, 0.5) is 4.79 Å². The van der Waals surface area contributed by atoms with Crippen molar-refractivity contribution in [1.82, 2.24) is 10.6 Å². The first kappa shape index (κ1) is 19.4. The summed E-state index contributed by atoms with van der Waals surface area (Å²) in [6.07, 6.45) is 5.35. The number of hydrogen-bond donors (Lipinski definition) is 2. The fraction of sp³-hybridized carbons (Fsp3) is 0.318. The van der Waals surface area contributed by atoms with Crippen molar-refractivity contribution >= 4 is 11.9 Å². The average Bonchev–Trinajstić information content (AvgIpc) is 2.73. The van der Waals surface area contributed by atoms with Crippen LogP contribution in [-0.4, -0.2) is 24.6 Å². The van der Waals surface area contributed by atoms with Crippen LogP contribution in [0.3, 0.4) is 0 Å². The molecule has 6 heteroatoms. The number of benzene rings is 2. The van der Waals surface area contributed by atoms with Crippen molar-refractivity contribution in [2.24, 2.45) is 0 Å². The first-order chi connectivity index (χ1) is 13.6. The van der Waals surface area contributed by atoms with Crippen LogP contribution in [0.15, 0.2) is 48.5 Å². The summed E-state index contributed by atoms with van der Waals surface area (Å²) in [4.78, 5) is 23.8. The predicted molar refractivity (Wildman–Crippen MR) is 106 cm³/mol. The van der Waals surface area contributed by atoms with Gasteiger partial charge in [-0.3, -0.25) is 10.1 Å². The van der Waals surface area contributed by atoms with Crippen molar-refractivity contribution in [2.45, 2.75) is 38.1 Å². The van der Waals surface area contributed by atoms with E-state index in [0.29, 0.717) is 11.3 Å². The largest absolute Gasteiger partial charge is 0.484 e. The van der Waals surface area contributed by atoms with Crippen LogP contribution >= 0.6 is 0 Å². The van der Waals surface area contributed by atoms with Gasteiger partial charge in [-0.05, 0) is 48.2 Å². The second-order valence-corrected chi connectivity index (χ2v) is 6.86. The van der Waals surface area contributed by atoms with Crippen molar-refractivity contribution in [2.75, 3.05) is 6.61 Å². The van der Waals surface area contributed by atoms with Crippen LogP contribution in [0.25, 0.3) is 11.1 Å². The summed E-state index contributed by atoms with van der Waals surface area (Å²) in [5.74, 6) is 0.0599. The number of nitrogens with one attached hydrogen (secondary N) is 2. The molecule has 0 radical (unpaired) electrons. The maximum atomic E-state index is 11.9. The molecule has 144 valence electrons. The minimum Gasteiger partial charge on any atom is -0.484 e. The van der Waals surface area contributed by atoms with Crippen molar-refractivity contribution in [3.63, 3.8) is 0 Å². The molecular weight excluding hydrogens is 354 g/mol. The second kappa shape index (κ2) is 9.56. The third kappa shape index (κ3) is 5.58. The molecule has 2 aromatic rings. The van der Waals surface area contributed by atoms with Crippen molar-refractivity contribution in [3.8, 4) is 22.9 Å². The van der Waals surface area contributed by atoms with Crippen LogP contribution in [-0.2, 0) is 4.79 Å². The summed E-state index contributed by atoms with van der Waals surface area (Å²) in [5, 5.41) is 14.0. The Morgan fingerprint density at radius 3 is 2.18 bits per heavy atom. The lowest BCUT2D eigenvalue weighted by molar-refractivity contribution is -0.122. The second-order valence-electron chi connectivity index (χ2n) is 6.86. The first-order valence-corrected chi connectivity index (χ1v) is 9.48. The first-order valence-electron chi connectivity index (χ1n) is 9.48. The Hall–Kier alpha value is -3.33. The maximum Gasteiger partial charge on any atom is 0.321 e. The molecule has 1 aliphatic rings. The molecule has 6 nitrogen and oxygen atoms in total. The SMILES string of the molecule is N#Cc1ccc(-c2ccc(OCC(=O)NC(=O)NC3CCCCC3)cc2)cc1. The summed E-state index contributed by atoms with van der Waals surface area (Å²) >= 11 is 0. The molecule has 28 heavy (non-hydrogen) atoms. The van der Waals surface area contributed by atoms with E-state index >= 15 is 0 Å². The van der Waals surface area contributed by atoms with Gasteiger partial charge in [0.25, 0.3) is 5.91 Å². The van der Waals surface area contributed by atoms with Gasteiger partial charge in [-0.2, -0.15) is 5.26 Å². The standard InChI is InChI=1S/C22H23N3O3/c23-14-16-6-8-17(9-7-16)18-10-12-20(13-11-18)28-15-21(26)25-22(27)24-19-4-2-1-3-5-19/h6-13,19H,1-5,15H2,(H2,24,25,26,27). The number of carbonyl (C=O) groups excluding carboxylic acids is 2. The van der Waals surface area contributed by atoms with Crippen molar-refractivity contribution in [3.05, 3.63) is 54.1 Å². The van der Waals surface area contributed by atoms with Gasteiger partial charge in [0.1, 0.15) is 5.75 Å². The Bertz CT molecular complexity index is 848. The fourth-order valence-electron chi connectivity index (χ4n) is 3.26. The normalized spacial score (nSPS) is 14.0. The Balaban J connectivity index is 1.45. The van der Waals surface area contributed by atoms with Crippen LogP contribution in [0.5, 0.6) is 5.75 Å². The highest BCUT2D eigenvalue weighted by molar-refractivity contribution is 5.95. The quantitative estimate of drug-likeness (QED) is 0.830. The van der Waals surface area contributed by atoms with Gasteiger partial charge >= 0.3 is 6.03 Å². The molecule has 1 fully saturated rings. The molecule has 1 saturated carbocycles. The van der Waals surface area contributed by atoms with Crippen molar-refractivity contribution in [1.29, 1.82) is 5.26 Å². The van der Waals surface area contributed by atoms with E-state index in [1.165, 1.54) is 6.42 Å². The van der Waals surface area contributed by atoms with E-state index in [1.807, 2.05) is 24.3 Å². The van der Waals surface area contributed by atoms with Gasteiger partial charge in [0.15, 0.2) is 6.61 Å². The van der Waals surface area contributed by atoms with E-state index in [2.05, 4.69) is 16.7 Å². The number of nitrogens with zero attached hydrogens (tertiary/aromatic N) is 1. The lowest BCUT2D eigenvalue weighted by atomic mass is 9.96. The molecule has 3 rings (SSSR count). The van der Waals surface area contributed by atoms with E-state index < -0.39 is 11.9 Å². The Kier molecular flexibility index (Phi) is 6.64. The molecule has 3 amide bonds. The monoisotopic (exact) mass is 377 g/mol. The summed E-state index contributed by atoms with van der Waals surface area (Å²) in [6.45, 7) is -0.228. The van der Waals surface area contributed by atoms with Crippen LogP contribution < -0.4 is 15.4 Å². The van der Waals surface area contributed by atoms with Gasteiger partial charge in [0.05, 0.1) is 11.6 Å². The number of amides is 3. The zero-order valence-corrected chi connectivity index (χ0v) is 15.6. The molecule has 2 N–H and O–H groups in total. The van der Waals surface area contributed by atoms with E-state index in [-0.39, 0.29) is 12.6 Å². The van der Waals surface area contributed by atoms with Crippen LogP contribution in [0.1, 0.15) is 37.7 Å².